The van der Waals surface area contributed by atoms with Gasteiger partial charge in [0, 0.05) is 38.2 Å². The van der Waals surface area contributed by atoms with E-state index in [-0.39, 0.29) is 11.9 Å². The SMILES string of the molecule is CCC(=O)N1CCC(Nc2ccnc(Cc3ccccc3)n2)C1. The van der Waals surface area contributed by atoms with Crippen LogP contribution >= 0.6 is 0 Å². The minimum absolute atomic E-state index is 0.224. The molecule has 1 aromatic heterocycles. The van der Waals surface area contributed by atoms with Gasteiger partial charge in [-0.3, -0.25) is 4.79 Å². The third-order valence-corrected chi connectivity index (χ3v) is 4.11. The lowest BCUT2D eigenvalue weighted by Gasteiger charge is -2.16. The van der Waals surface area contributed by atoms with Gasteiger partial charge in [0.15, 0.2) is 0 Å². The van der Waals surface area contributed by atoms with Crippen LogP contribution in [0.3, 0.4) is 0 Å². The molecule has 1 aliphatic heterocycles. The molecule has 0 radical (unpaired) electrons. The van der Waals surface area contributed by atoms with Crippen LogP contribution in [-0.2, 0) is 11.2 Å². The Morgan fingerprint density at radius 2 is 2.13 bits per heavy atom. The van der Waals surface area contributed by atoms with Crippen LogP contribution in [0.2, 0.25) is 0 Å². The molecule has 0 aliphatic carbocycles. The molecular formula is C18H22N4O. The number of hydrogen-bond acceptors (Lipinski definition) is 4. The summed E-state index contributed by atoms with van der Waals surface area (Å²) < 4.78 is 0. The van der Waals surface area contributed by atoms with Gasteiger partial charge in [0.2, 0.25) is 5.91 Å². The van der Waals surface area contributed by atoms with Crippen LogP contribution in [0.25, 0.3) is 0 Å². The number of aromatic nitrogens is 2. The number of benzene rings is 1. The second kappa shape index (κ2) is 7.22. The van der Waals surface area contributed by atoms with Gasteiger partial charge in [0.25, 0.3) is 0 Å². The minimum Gasteiger partial charge on any atom is -0.365 e. The summed E-state index contributed by atoms with van der Waals surface area (Å²) in [5.74, 6) is 1.86. The Hall–Kier alpha value is -2.43. The summed E-state index contributed by atoms with van der Waals surface area (Å²) in [7, 11) is 0. The van der Waals surface area contributed by atoms with E-state index in [0.717, 1.165) is 37.6 Å². The second-order valence-electron chi connectivity index (χ2n) is 5.84. The van der Waals surface area contributed by atoms with Crippen molar-refractivity contribution in [3.05, 3.63) is 54.0 Å². The molecule has 0 bridgehead atoms. The van der Waals surface area contributed by atoms with E-state index in [1.54, 1.807) is 6.20 Å². The Balaban J connectivity index is 1.61. The molecule has 0 spiro atoms. The largest absolute Gasteiger partial charge is 0.365 e. The molecule has 23 heavy (non-hydrogen) atoms. The summed E-state index contributed by atoms with van der Waals surface area (Å²) in [6.07, 6.45) is 4.05. The van der Waals surface area contributed by atoms with Crippen LogP contribution in [0.5, 0.6) is 0 Å². The Morgan fingerprint density at radius 3 is 2.91 bits per heavy atom. The molecule has 2 aromatic rings. The molecule has 1 N–H and O–H groups in total. The normalized spacial score (nSPS) is 17.3. The number of likely N-dealkylation sites (tertiary alicyclic amines) is 1. The maximum absolute atomic E-state index is 11.7. The molecule has 1 fully saturated rings. The smallest absolute Gasteiger partial charge is 0.222 e. The van der Waals surface area contributed by atoms with Gasteiger partial charge >= 0.3 is 0 Å². The summed E-state index contributed by atoms with van der Waals surface area (Å²) in [5, 5.41) is 3.43. The van der Waals surface area contributed by atoms with Crippen molar-refractivity contribution in [1.82, 2.24) is 14.9 Å². The molecule has 3 rings (SSSR count). The lowest BCUT2D eigenvalue weighted by Crippen LogP contribution is -2.31. The lowest BCUT2D eigenvalue weighted by atomic mass is 10.1. The maximum atomic E-state index is 11.7. The van der Waals surface area contributed by atoms with E-state index < -0.39 is 0 Å². The first-order valence-corrected chi connectivity index (χ1v) is 8.14. The second-order valence-corrected chi connectivity index (χ2v) is 5.84. The number of rotatable bonds is 5. The molecule has 1 aliphatic rings. The highest BCUT2D eigenvalue weighted by Crippen LogP contribution is 2.15. The monoisotopic (exact) mass is 310 g/mol. The van der Waals surface area contributed by atoms with Crippen molar-refractivity contribution in [2.75, 3.05) is 18.4 Å². The van der Waals surface area contributed by atoms with Crippen molar-refractivity contribution in [1.29, 1.82) is 0 Å². The fourth-order valence-corrected chi connectivity index (χ4v) is 2.88. The summed E-state index contributed by atoms with van der Waals surface area (Å²) in [6.45, 7) is 3.49. The Morgan fingerprint density at radius 1 is 1.30 bits per heavy atom. The highest BCUT2D eigenvalue weighted by Gasteiger charge is 2.25. The van der Waals surface area contributed by atoms with Gasteiger partial charge in [0.05, 0.1) is 0 Å². The predicted molar refractivity (Wildman–Crippen MR) is 90.2 cm³/mol. The van der Waals surface area contributed by atoms with Crippen LogP contribution in [-0.4, -0.2) is 39.9 Å². The Kier molecular flexibility index (Phi) is 4.86. The molecule has 1 aromatic carbocycles. The highest BCUT2D eigenvalue weighted by molar-refractivity contribution is 5.76. The molecule has 1 saturated heterocycles. The number of carbonyl (C=O) groups excluding carboxylic acids is 1. The fourth-order valence-electron chi connectivity index (χ4n) is 2.88. The quantitative estimate of drug-likeness (QED) is 0.922. The number of hydrogen-bond donors (Lipinski definition) is 1. The van der Waals surface area contributed by atoms with E-state index in [2.05, 4.69) is 27.4 Å². The van der Waals surface area contributed by atoms with Crippen LogP contribution in [0.4, 0.5) is 5.82 Å². The molecule has 5 heteroatoms. The first-order chi connectivity index (χ1) is 11.2. The maximum Gasteiger partial charge on any atom is 0.222 e. The van der Waals surface area contributed by atoms with Gasteiger partial charge in [-0.25, -0.2) is 9.97 Å². The third kappa shape index (κ3) is 4.06. The zero-order valence-corrected chi connectivity index (χ0v) is 13.4. The zero-order valence-electron chi connectivity index (χ0n) is 13.4. The van der Waals surface area contributed by atoms with Crippen molar-refractivity contribution < 1.29 is 4.79 Å². The van der Waals surface area contributed by atoms with Crippen LogP contribution in [0, 0.1) is 0 Å². The van der Waals surface area contributed by atoms with Crippen LogP contribution < -0.4 is 5.32 Å². The molecular weight excluding hydrogens is 288 g/mol. The standard InChI is InChI=1S/C18H22N4O/c1-2-18(23)22-11-9-15(13-22)20-16-8-10-19-17(21-16)12-14-6-4-3-5-7-14/h3-8,10,15H,2,9,11-13H2,1H3,(H,19,20,21). The fraction of sp³-hybridized carbons (Fsp3) is 0.389. The topological polar surface area (TPSA) is 58.1 Å². The minimum atomic E-state index is 0.224. The van der Waals surface area contributed by atoms with Crippen LogP contribution in [0.15, 0.2) is 42.6 Å². The summed E-state index contributed by atoms with van der Waals surface area (Å²) in [5.41, 5.74) is 1.20. The van der Waals surface area contributed by atoms with E-state index >= 15 is 0 Å². The molecule has 1 unspecified atom stereocenters. The van der Waals surface area contributed by atoms with Crippen molar-refractivity contribution in [3.8, 4) is 0 Å². The molecule has 0 saturated carbocycles. The van der Waals surface area contributed by atoms with E-state index in [1.165, 1.54) is 5.56 Å². The van der Waals surface area contributed by atoms with E-state index in [0.29, 0.717) is 6.42 Å². The lowest BCUT2D eigenvalue weighted by molar-refractivity contribution is -0.129. The van der Waals surface area contributed by atoms with E-state index in [4.69, 9.17) is 0 Å². The average Bonchev–Trinajstić information content (AvgIpc) is 3.04. The molecule has 5 nitrogen and oxygen atoms in total. The van der Waals surface area contributed by atoms with Gasteiger partial charge < -0.3 is 10.2 Å². The zero-order chi connectivity index (χ0) is 16.1. The molecule has 1 amide bonds. The summed E-state index contributed by atoms with van der Waals surface area (Å²) in [4.78, 5) is 22.6. The number of nitrogens with one attached hydrogen (secondary N) is 1. The van der Waals surface area contributed by atoms with Crippen molar-refractivity contribution in [2.24, 2.45) is 0 Å². The molecule has 1 atom stereocenters. The Labute approximate surface area is 136 Å². The molecule has 120 valence electrons. The first-order valence-electron chi connectivity index (χ1n) is 8.14. The van der Waals surface area contributed by atoms with Crippen molar-refractivity contribution in [2.45, 2.75) is 32.2 Å². The third-order valence-electron chi connectivity index (χ3n) is 4.11. The average molecular weight is 310 g/mol. The van der Waals surface area contributed by atoms with Crippen molar-refractivity contribution >= 4 is 11.7 Å². The van der Waals surface area contributed by atoms with Gasteiger partial charge in [-0.1, -0.05) is 37.3 Å². The number of nitrogens with zero attached hydrogens (tertiary/aromatic N) is 3. The first kappa shape index (κ1) is 15.5. The predicted octanol–water partition coefficient (Wildman–Crippen LogP) is 2.49. The van der Waals surface area contributed by atoms with E-state index in [9.17, 15) is 4.79 Å². The number of anilines is 1. The molecule has 2 heterocycles. The Bertz CT molecular complexity index is 659. The van der Waals surface area contributed by atoms with Gasteiger partial charge in [-0.15, -0.1) is 0 Å². The number of carbonyl (C=O) groups is 1. The van der Waals surface area contributed by atoms with Crippen molar-refractivity contribution in [3.63, 3.8) is 0 Å². The van der Waals surface area contributed by atoms with Gasteiger partial charge in [0.1, 0.15) is 11.6 Å². The summed E-state index contributed by atoms with van der Waals surface area (Å²) in [6, 6.07) is 12.4. The number of amides is 1. The summed E-state index contributed by atoms with van der Waals surface area (Å²) >= 11 is 0. The van der Waals surface area contributed by atoms with Gasteiger partial charge in [-0.05, 0) is 18.1 Å². The van der Waals surface area contributed by atoms with Crippen LogP contribution in [0.1, 0.15) is 31.2 Å². The van der Waals surface area contributed by atoms with E-state index in [1.807, 2.05) is 36.1 Å². The van der Waals surface area contributed by atoms with Gasteiger partial charge in [-0.2, -0.15) is 0 Å². The highest BCUT2D eigenvalue weighted by atomic mass is 16.2.